The standard InChI is InChI=1S/C10H11N5O2/c11-4-6-3-7(12)1-2-8(6)10(17)9(16)5-14-15-13/h1-3,9-10,16-17H,5,12H2. The molecule has 2 unspecified atom stereocenters. The number of aliphatic hydroxyl groups is 2. The van der Waals surface area contributed by atoms with E-state index in [4.69, 9.17) is 16.5 Å². The van der Waals surface area contributed by atoms with E-state index in [-0.39, 0.29) is 17.7 Å². The Morgan fingerprint density at radius 2 is 2.24 bits per heavy atom. The van der Waals surface area contributed by atoms with Crippen molar-refractivity contribution in [1.29, 1.82) is 5.26 Å². The molecule has 0 saturated heterocycles. The third-order valence-electron chi connectivity index (χ3n) is 2.21. The number of hydrogen-bond donors (Lipinski definition) is 3. The van der Waals surface area contributed by atoms with Crippen molar-refractivity contribution >= 4 is 5.69 Å². The van der Waals surface area contributed by atoms with Crippen LogP contribution in [0.25, 0.3) is 10.4 Å². The molecule has 0 aliphatic carbocycles. The summed E-state index contributed by atoms with van der Waals surface area (Å²) in [5.74, 6) is 0. The van der Waals surface area contributed by atoms with Crippen LogP contribution >= 0.6 is 0 Å². The van der Waals surface area contributed by atoms with Crippen molar-refractivity contribution in [3.8, 4) is 6.07 Å². The van der Waals surface area contributed by atoms with Gasteiger partial charge < -0.3 is 15.9 Å². The van der Waals surface area contributed by atoms with Crippen molar-refractivity contribution in [3.63, 3.8) is 0 Å². The van der Waals surface area contributed by atoms with E-state index in [0.29, 0.717) is 5.69 Å². The molecule has 7 nitrogen and oxygen atoms in total. The second-order valence-corrected chi connectivity index (χ2v) is 3.38. The van der Waals surface area contributed by atoms with E-state index in [1.54, 1.807) is 0 Å². The molecule has 17 heavy (non-hydrogen) atoms. The molecular formula is C10H11N5O2. The van der Waals surface area contributed by atoms with Crippen LogP contribution in [0, 0.1) is 11.3 Å². The summed E-state index contributed by atoms with van der Waals surface area (Å²) in [6, 6.07) is 6.25. The van der Waals surface area contributed by atoms with Crippen LogP contribution in [0.1, 0.15) is 17.2 Å². The van der Waals surface area contributed by atoms with Crippen molar-refractivity contribution in [3.05, 3.63) is 39.8 Å². The monoisotopic (exact) mass is 233 g/mol. The number of aliphatic hydroxyl groups excluding tert-OH is 2. The minimum atomic E-state index is -1.30. The molecule has 4 N–H and O–H groups in total. The average Bonchev–Trinajstić information content (AvgIpc) is 2.34. The average molecular weight is 233 g/mol. The van der Waals surface area contributed by atoms with Gasteiger partial charge in [0.15, 0.2) is 0 Å². The van der Waals surface area contributed by atoms with Crippen molar-refractivity contribution in [1.82, 2.24) is 0 Å². The largest absolute Gasteiger partial charge is 0.399 e. The topological polar surface area (TPSA) is 139 Å². The predicted octanol–water partition coefficient (Wildman–Crippen LogP) is 0.845. The molecule has 1 aromatic carbocycles. The normalized spacial score (nSPS) is 13.2. The maximum Gasteiger partial charge on any atom is 0.106 e. The fourth-order valence-electron chi connectivity index (χ4n) is 1.36. The highest BCUT2D eigenvalue weighted by molar-refractivity contribution is 5.50. The summed E-state index contributed by atoms with van der Waals surface area (Å²) in [6.45, 7) is -0.271. The fourth-order valence-corrected chi connectivity index (χ4v) is 1.36. The van der Waals surface area contributed by atoms with Gasteiger partial charge >= 0.3 is 0 Å². The zero-order valence-electron chi connectivity index (χ0n) is 8.85. The summed E-state index contributed by atoms with van der Waals surface area (Å²) in [5.41, 5.74) is 14.4. The van der Waals surface area contributed by atoms with Crippen LogP contribution in [0.5, 0.6) is 0 Å². The fraction of sp³-hybridized carbons (Fsp3) is 0.300. The van der Waals surface area contributed by atoms with Crippen LogP contribution in [0.3, 0.4) is 0 Å². The number of nitriles is 1. The molecule has 7 heteroatoms. The third-order valence-corrected chi connectivity index (χ3v) is 2.21. The van der Waals surface area contributed by atoms with E-state index >= 15 is 0 Å². The van der Waals surface area contributed by atoms with E-state index in [9.17, 15) is 10.2 Å². The molecule has 1 rings (SSSR count). The highest BCUT2D eigenvalue weighted by atomic mass is 16.3. The first kappa shape index (κ1) is 12.8. The molecule has 0 amide bonds. The van der Waals surface area contributed by atoms with Gasteiger partial charge in [0, 0.05) is 16.2 Å². The summed E-state index contributed by atoms with van der Waals surface area (Å²) in [7, 11) is 0. The zero-order valence-corrected chi connectivity index (χ0v) is 8.85. The number of nitrogens with zero attached hydrogens (tertiary/aromatic N) is 4. The molecule has 0 aliphatic rings. The van der Waals surface area contributed by atoms with Crippen LogP contribution < -0.4 is 5.73 Å². The van der Waals surface area contributed by atoms with Crippen LogP contribution in [0.15, 0.2) is 23.3 Å². The molecular weight excluding hydrogens is 222 g/mol. The van der Waals surface area contributed by atoms with Crippen LogP contribution in [-0.4, -0.2) is 22.9 Å². The molecule has 0 aromatic heterocycles. The van der Waals surface area contributed by atoms with E-state index in [2.05, 4.69) is 10.0 Å². The third kappa shape index (κ3) is 3.09. The minimum Gasteiger partial charge on any atom is -0.399 e. The number of benzene rings is 1. The van der Waals surface area contributed by atoms with Gasteiger partial charge in [-0.15, -0.1) is 0 Å². The summed E-state index contributed by atoms with van der Waals surface area (Å²) in [6.07, 6.45) is -2.56. The van der Waals surface area contributed by atoms with E-state index in [0.717, 1.165) is 0 Å². The summed E-state index contributed by atoms with van der Waals surface area (Å²) >= 11 is 0. The van der Waals surface area contributed by atoms with Gasteiger partial charge in [-0.1, -0.05) is 11.2 Å². The first-order valence-electron chi connectivity index (χ1n) is 4.76. The van der Waals surface area contributed by atoms with E-state index in [1.165, 1.54) is 18.2 Å². The van der Waals surface area contributed by atoms with Gasteiger partial charge in [-0.3, -0.25) is 0 Å². The summed E-state index contributed by atoms with van der Waals surface area (Å²) in [5, 5.41) is 31.4. The first-order chi connectivity index (χ1) is 8.10. The number of rotatable bonds is 4. The van der Waals surface area contributed by atoms with Gasteiger partial charge in [0.1, 0.15) is 6.10 Å². The zero-order chi connectivity index (χ0) is 12.8. The van der Waals surface area contributed by atoms with Gasteiger partial charge in [0.05, 0.1) is 24.3 Å². The Bertz CT molecular complexity index is 490. The van der Waals surface area contributed by atoms with E-state index in [1.807, 2.05) is 6.07 Å². The number of hydrogen-bond acceptors (Lipinski definition) is 5. The van der Waals surface area contributed by atoms with Crippen molar-refractivity contribution in [2.75, 3.05) is 12.3 Å². The molecule has 0 spiro atoms. The summed E-state index contributed by atoms with van der Waals surface area (Å²) in [4.78, 5) is 2.48. The Morgan fingerprint density at radius 3 is 2.82 bits per heavy atom. The maximum absolute atomic E-state index is 9.79. The maximum atomic E-state index is 9.79. The Balaban J connectivity index is 2.99. The molecule has 1 aromatic rings. The molecule has 88 valence electrons. The highest BCUT2D eigenvalue weighted by Crippen LogP contribution is 2.23. The lowest BCUT2D eigenvalue weighted by Gasteiger charge is -2.17. The smallest absolute Gasteiger partial charge is 0.106 e. The van der Waals surface area contributed by atoms with Gasteiger partial charge in [-0.25, -0.2) is 0 Å². The molecule has 0 aliphatic heterocycles. The SMILES string of the molecule is N#Cc1cc(N)ccc1C(O)C(O)CN=[N+]=[N-]. The lowest BCUT2D eigenvalue weighted by atomic mass is 9.99. The van der Waals surface area contributed by atoms with Gasteiger partial charge in [-0.2, -0.15) is 5.26 Å². The van der Waals surface area contributed by atoms with E-state index < -0.39 is 12.2 Å². The highest BCUT2D eigenvalue weighted by Gasteiger charge is 2.20. The van der Waals surface area contributed by atoms with Gasteiger partial charge in [0.2, 0.25) is 0 Å². The van der Waals surface area contributed by atoms with Crippen LogP contribution in [-0.2, 0) is 0 Å². The first-order valence-corrected chi connectivity index (χ1v) is 4.76. The van der Waals surface area contributed by atoms with Crippen LogP contribution in [0.2, 0.25) is 0 Å². The lowest BCUT2D eigenvalue weighted by molar-refractivity contribution is 0.0242. The lowest BCUT2D eigenvalue weighted by Crippen LogP contribution is -2.22. The second kappa shape index (κ2) is 5.72. The molecule has 0 saturated carbocycles. The Morgan fingerprint density at radius 1 is 1.53 bits per heavy atom. The van der Waals surface area contributed by atoms with Crippen molar-refractivity contribution in [2.24, 2.45) is 5.11 Å². The van der Waals surface area contributed by atoms with Gasteiger partial charge in [0.25, 0.3) is 0 Å². The Kier molecular flexibility index (Phi) is 4.31. The number of nitrogens with two attached hydrogens (primary N) is 1. The quantitative estimate of drug-likeness (QED) is 0.307. The minimum absolute atomic E-state index is 0.178. The number of anilines is 1. The Hall–Kier alpha value is -2.26. The van der Waals surface area contributed by atoms with Crippen molar-refractivity contribution < 1.29 is 10.2 Å². The predicted molar refractivity (Wildman–Crippen MR) is 60.5 cm³/mol. The number of nitrogen functional groups attached to an aromatic ring is 1. The molecule has 0 radical (unpaired) electrons. The van der Waals surface area contributed by atoms with Gasteiger partial charge in [-0.05, 0) is 17.7 Å². The molecule has 0 fully saturated rings. The number of azide groups is 1. The molecule has 0 bridgehead atoms. The van der Waals surface area contributed by atoms with Crippen molar-refractivity contribution in [2.45, 2.75) is 12.2 Å². The Labute approximate surface area is 97.3 Å². The molecule has 2 atom stereocenters. The second-order valence-electron chi connectivity index (χ2n) is 3.38. The summed E-state index contributed by atoms with van der Waals surface area (Å²) < 4.78 is 0. The van der Waals surface area contributed by atoms with Crippen LogP contribution in [0.4, 0.5) is 5.69 Å². The molecule has 0 heterocycles.